The van der Waals surface area contributed by atoms with Gasteiger partial charge in [-0.3, -0.25) is 19.0 Å². The molecule has 5 rings (SSSR count). The molecule has 0 aliphatic carbocycles. The molecular formula is C28H26N4O4. The van der Waals surface area contributed by atoms with Crippen molar-refractivity contribution in [2.45, 2.75) is 32.9 Å². The summed E-state index contributed by atoms with van der Waals surface area (Å²) in [6, 6.07) is 15.6. The molecule has 1 unspecified atom stereocenters. The van der Waals surface area contributed by atoms with Crippen molar-refractivity contribution < 1.29 is 19.4 Å². The Bertz CT molecular complexity index is 1460. The van der Waals surface area contributed by atoms with Crippen LogP contribution in [0.2, 0.25) is 0 Å². The molecule has 8 heteroatoms. The quantitative estimate of drug-likeness (QED) is 0.238. The van der Waals surface area contributed by atoms with Crippen molar-refractivity contribution in [3.8, 4) is 5.75 Å². The lowest BCUT2D eigenvalue weighted by molar-refractivity contribution is -0.140. The fourth-order valence-corrected chi connectivity index (χ4v) is 4.57. The minimum absolute atomic E-state index is 0.0277. The Kier molecular flexibility index (Phi) is 6.25. The van der Waals surface area contributed by atoms with Crippen LogP contribution >= 0.6 is 0 Å². The maximum absolute atomic E-state index is 13.4. The van der Waals surface area contributed by atoms with Gasteiger partial charge in [-0.2, -0.15) is 0 Å². The second-order valence-corrected chi connectivity index (χ2v) is 8.68. The molecule has 0 bridgehead atoms. The van der Waals surface area contributed by atoms with Crippen molar-refractivity contribution in [2.75, 3.05) is 6.61 Å². The van der Waals surface area contributed by atoms with Crippen LogP contribution in [0.1, 0.15) is 41.9 Å². The number of aryl methyl sites for hydroxylation is 1. The number of carbonyl (C=O) groups excluding carboxylic acids is 2. The molecule has 1 N–H and O–H groups in total. The number of imidazole rings is 1. The number of pyridine rings is 2. The van der Waals surface area contributed by atoms with Gasteiger partial charge in [-0.25, -0.2) is 4.98 Å². The summed E-state index contributed by atoms with van der Waals surface area (Å²) in [5.74, 6) is -0.974. The fraction of sp³-hybridized carbons (Fsp3) is 0.214. The average Bonchev–Trinajstić information content (AvgIpc) is 3.36. The molecule has 4 heterocycles. The molecule has 0 saturated carbocycles. The van der Waals surface area contributed by atoms with Crippen LogP contribution in [0.25, 0.3) is 11.4 Å². The molecular weight excluding hydrogens is 456 g/mol. The second kappa shape index (κ2) is 9.65. The number of rotatable bonds is 7. The molecule has 1 fully saturated rings. The van der Waals surface area contributed by atoms with E-state index in [0.717, 1.165) is 12.0 Å². The van der Waals surface area contributed by atoms with Gasteiger partial charge in [0.25, 0.3) is 11.7 Å². The van der Waals surface area contributed by atoms with Crippen LogP contribution in [0, 0.1) is 6.92 Å². The van der Waals surface area contributed by atoms with E-state index in [1.165, 1.54) is 4.90 Å². The third-order valence-electron chi connectivity index (χ3n) is 6.21. The van der Waals surface area contributed by atoms with Gasteiger partial charge in [-0.05, 0) is 54.8 Å². The number of hydrogen-bond donors (Lipinski definition) is 1. The van der Waals surface area contributed by atoms with Crippen LogP contribution in [0.5, 0.6) is 5.75 Å². The van der Waals surface area contributed by atoms with Gasteiger partial charge in [0.1, 0.15) is 17.1 Å². The molecule has 3 aromatic heterocycles. The summed E-state index contributed by atoms with van der Waals surface area (Å²) in [5.41, 5.74) is 3.07. The lowest BCUT2D eigenvalue weighted by Gasteiger charge is -2.25. The maximum Gasteiger partial charge on any atom is 0.295 e. The Morgan fingerprint density at radius 2 is 1.89 bits per heavy atom. The first-order valence-corrected chi connectivity index (χ1v) is 11.8. The van der Waals surface area contributed by atoms with Gasteiger partial charge in [0.2, 0.25) is 0 Å². The summed E-state index contributed by atoms with van der Waals surface area (Å²) >= 11 is 0. The van der Waals surface area contributed by atoms with E-state index >= 15 is 0 Å². The van der Waals surface area contributed by atoms with Gasteiger partial charge in [0, 0.05) is 25.1 Å². The van der Waals surface area contributed by atoms with Gasteiger partial charge in [0.05, 0.1) is 23.9 Å². The molecule has 182 valence electrons. The summed E-state index contributed by atoms with van der Waals surface area (Å²) in [5, 5.41) is 11.5. The van der Waals surface area contributed by atoms with Crippen LogP contribution < -0.4 is 4.74 Å². The number of ketones is 1. The Morgan fingerprint density at radius 3 is 2.61 bits per heavy atom. The van der Waals surface area contributed by atoms with E-state index in [2.05, 4.69) is 9.97 Å². The standard InChI is InChI=1S/C28H26N4O4/c1-3-15-36-21-11-9-20(10-12-21)25-23(26(33)24-18(2)30-22-8-4-5-14-31(22)24)27(34)28(35)32(25)17-19-7-6-13-29-16-19/h4-14,16,25,33H,3,15,17H2,1-2H3. The summed E-state index contributed by atoms with van der Waals surface area (Å²) in [7, 11) is 0. The minimum atomic E-state index is -0.793. The van der Waals surface area contributed by atoms with E-state index in [1.54, 1.807) is 36.0 Å². The van der Waals surface area contributed by atoms with Crippen molar-refractivity contribution >= 4 is 23.1 Å². The van der Waals surface area contributed by atoms with Crippen molar-refractivity contribution in [1.29, 1.82) is 0 Å². The summed E-state index contributed by atoms with van der Waals surface area (Å²) in [4.78, 5) is 36.8. The van der Waals surface area contributed by atoms with Gasteiger partial charge in [-0.1, -0.05) is 31.2 Å². The van der Waals surface area contributed by atoms with Crippen LogP contribution in [-0.4, -0.2) is 42.7 Å². The number of ether oxygens (including phenoxy) is 1. The number of aromatic nitrogens is 3. The number of amides is 1. The minimum Gasteiger partial charge on any atom is -0.505 e. The van der Waals surface area contributed by atoms with Crippen LogP contribution in [0.3, 0.4) is 0 Å². The van der Waals surface area contributed by atoms with Crippen LogP contribution in [0.4, 0.5) is 0 Å². The normalized spacial score (nSPS) is 17.2. The van der Waals surface area contributed by atoms with E-state index in [9.17, 15) is 14.7 Å². The molecule has 1 aliphatic heterocycles. The van der Waals surface area contributed by atoms with Crippen molar-refractivity contribution in [3.05, 3.63) is 101 Å². The molecule has 36 heavy (non-hydrogen) atoms. The Labute approximate surface area is 208 Å². The predicted molar refractivity (Wildman–Crippen MR) is 134 cm³/mol. The molecule has 0 spiro atoms. The fourth-order valence-electron chi connectivity index (χ4n) is 4.57. The molecule has 1 aromatic carbocycles. The number of benzene rings is 1. The number of likely N-dealkylation sites (tertiary alicyclic amines) is 1. The largest absolute Gasteiger partial charge is 0.505 e. The number of aliphatic hydroxyl groups excluding tert-OH is 1. The smallest absolute Gasteiger partial charge is 0.295 e. The van der Waals surface area contributed by atoms with E-state index in [0.29, 0.717) is 35.0 Å². The zero-order chi connectivity index (χ0) is 25.2. The number of nitrogens with zero attached hydrogens (tertiary/aromatic N) is 4. The van der Waals surface area contributed by atoms with Gasteiger partial charge in [-0.15, -0.1) is 0 Å². The highest BCUT2D eigenvalue weighted by molar-refractivity contribution is 6.46. The molecule has 1 amide bonds. The van der Waals surface area contributed by atoms with Gasteiger partial charge < -0.3 is 14.7 Å². The average molecular weight is 483 g/mol. The lowest BCUT2D eigenvalue weighted by atomic mass is 9.96. The number of fused-ring (bicyclic) bond motifs is 1. The zero-order valence-corrected chi connectivity index (χ0v) is 20.1. The Balaban J connectivity index is 1.66. The van der Waals surface area contributed by atoms with Crippen molar-refractivity contribution in [1.82, 2.24) is 19.3 Å². The predicted octanol–water partition coefficient (Wildman–Crippen LogP) is 4.45. The van der Waals surface area contributed by atoms with E-state index in [1.807, 2.05) is 55.5 Å². The summed E-state index contributed by atoms with van der Waals surface area (Å²) in [6.45, 7) is 4.55. The monoisotopic (exact) mass is 482 g/mol. The van der Waals surface area contributed by atoms with Crippen molar-refractivity contribution in [2.24, 2.45) is 0 Å². The topological polar surface area (TPSA) is 97.0 Å². The third-order valence-corrected chi connectivity index (χ3v) is 6.21. The molecule has 1 saturated heterocycles. The lowest BCUT2D eigenvalue weighted by Crippen LogP contribution is -2.29. The molecule has 8 nitrogen and oxygen atoms in total. The van der Waals surface area contributed by atoms with Gasteiger partial charge in [0.15, 0.2) is 5.76 Å². The molecule has 1 aliphatic rings. The molecule has 0 radical (unpaired) electrons. The SMILES string of the molecule is CCCOc1ccc(C2C(=C(O)c3c(C)nc4ccccn34)C(=O)C(=O)N2Cc2cccnc2)cc1. The first kappa shape index (κ1) is 23.3. The van der Waals surface area contributed by atoms with E-state index in [-0.39, 0.29) is 17.9 Å². The van der Waals surface area contributed by atoms with Crippen molar-refractivity contribution in [3.63, 3.8) is 0 Å². The highest BCUT2D eigenvalue weighted by Crippen LogP contribution is 2.41. The zero-order valence-electron chi connectivity index (χ0n) is 20.1. The third kappa shape index (κ3) is 4.11. The van der Waals surface area contributed by atoms with E-state index < -0.39 is 17.7 Å². The molecule has 1 atom stereocenters. The number of Topliss-reactive ketones (excluding diaryl/α,β-unsaturated/α-hetero) is 1. The number of carbonyl (C=O) groups is 2. The van der Waals surface area contributed by atoms with Crippen LogP contribution in [0.15, 0.2) is 78.8 Å². The highest BCUT2D eigenvalue weighted by Gasteiger charge is 2.46. The number of aliphatic hydroxyl groups is 1. The second-order valence-electron chi connectivity index (χ2n) is 8.68. The maximum atomic E-state index is 13.4. The summed E-state index contributed by atoms with van der Waals surface area (Å²) < 4.78 is 7.43. The van der Waals surface area contributed by atoms with Crippen LogP contribution in [-0.2, 0) is 16.1 Å². The molecule has 4 aromatic rings. The van der Waals surface area contributed by atoms with Gasteiger partial charge >= 0.3 is 0 Å². The highest BCUT2D eigenvalue weighted by atomic mass is 16.5. The first-order valence-electron chi connectivity index (χ1n) is 11.8. The van der Waals surface area contributed by atoms with E-state index in [4.69, 9.17) is 4.74 Å². The number of hydrogen-bond acceptors (Lipinski definition) is 6. The Hall–Kier alpha value is -4.46. The Morgan fingerprint density at radius 1 is 1.08 bits per heavy atom. The first-order chi connectivity index (χ1) is 17.5. The summed E-state index contributed by atoms with van der Waals surface area (Å²) in [6.07, 6.45) is 5.96.